The quantitative estimate of drug-likeness (QED) is 0.323. The molecule has 0 fully saturated rings. The van der Waals surface area contributed by atoms with E-state index in [1.54, 1.807) is 12.3 Å². The van der Waals surface area contributed by atoms with Gasteiger partial charge in [0.25, 0.3) is 0 Å². The summed E-state index contributed by atoms with van der Waals surface area (Å²) in [5.41, 5.74) is 1.76. The average molecular weight is 180 g/mol. The van der Waals surface area contributed by atoms with Crippen LogP contribution in [-0.2, 0) is 14.6 Å². The number of amides is 1. The molecule has 0 unspecified atom stereocenters. The molecular weight excluding hydrogens is 168 g/mol. The monoisotopic (exact) mass is 180 g/mol. The van der Waals surface area contributed by atoms with Gasteiger partial charge in [-0.1, -0.05) is 6.92 Å². The summed E-state index contributed by atoms with van der Waals surface area (Å²) in [6.07, 6.45) is 0.514. The van der Waals surface area contributed by atoms with E-state index in [-0.39, 0.29) is 5.75 Å². The van der Waals surface area contributed by atoms with Crippen LogP contribution in [-0.4, -0.2) is 25.8 Å². The van der Waals surface area contributed by atoms with Gasteiger partial charge in [-0.25, -0.2) is 14.3 Å². The second kappa shape index (κ2) is 4.30. The summed E-state index contributed by atoms with van der Waals surface area (Å²) < 4.78 is 21.8. The third-order valence-electron chi connectivity index (χ3n) is 1.03. The van der Waals surface area contributed by atoms with Gasteiger partial charge >= 0.3 is 0 Å². The van der Waals surface area contributed by atoms with Gasteiger partial charge in [-0.15, -0.1) is 0 Å². The molecule has 0 saturated heterocycles. The van der Waals surface area contributed by atoms with Crippen LogP contribution in [0.1, 0.15) is 13.3 Å². The summed E-state index contributed by atoms with van der Waals surface area (Å²) in [7, 11) is -3.24. The maximum atomic E-state index is 10.9. The lowest BCUT2D eigenvalue weighted by Gasteiger charge is -1.99. The SMILES string of the molecule is CCCS(=O)(=O)CC(=O)NN. The summed E-state index contributed by atoms with van der Waals surface area (Å²) >= 11 is 0. The summed E-state index contributed by atoms with van der Waals surface area (Å²) in [6.45, 7) is 1.73. The Morgan fingerprint density at radius 2 is 2.09 bits per heavy atom. The number of hydrogen-bond donors (Lipinski definition) is 2. The second-order valence-corrected chi connectivity index (χ2v) is 4.34. The molecule has 0 radical (unpaired) electrons. The highest BCUT2D eigenvalue weighted by atomic mass is 32.2. The maximum Gasteiger partial charge on any atom is 0.249 e. The number of nitrogens with two attached hydrogens (primary N) is 1. The van der Waals surface area contributed by atoms with Crippen molar-refractivity contribution in [1.82, 2.24) is 5.43 Å². The summed E-state index contributed by atoms with van der Waals surface area (Å²) in [5, 5.41) is 0. The van der Waals surface area contributed by atoms with Gasteiger partial charge in [0.15, 0.2) is 9.84 Å². The number of rotatable bonds is 4. The zero-order valence-corrected chi connectivity index (χ0v) is 7.15. The van der Waals surface area contributed by atoms with E-state index in [1.807, 2.05) is 0 Å². The summed E-state index contributed by atoms with van der Waals surface area (Å²) in [5.74, 6) is 3.55. The third kappa shape index (κ3) is 4.74. The molecule has 3 N–H and O–H groups in total. The van der Waals surface area contributed by atoms with Crippen LogP contribution in [0.3, 0.4) is 0 Å². The lowest BCUT2D eigenvalue weighted by Crippen LogP contribution is -2.35. The predicted octanol–water partition coefficient (Wildman–Crippen LogP) is -1.20. The highest BCUT2D eigenvalue weighted by Gasteiger charge is 2.13. The van der Waals surface area contributed by atoms with Crippen molar-refractivity contribution in [3.63, 3.8) is 0 Å². The van der Waals surface area contributed by atoms with Gasteiger partial charge in [-0.3, -0.25) is 10.2 Å². The first-order chi connectivity index (χ1) is 5.02. The first-order valence-electron chi connectivity index (χ1n) is 3.21. The van der Waals surface area contributed by atoms with E-state index in [9.17, 15) is 13.2 Å². The van der Waals surface area contributed by atoms with Crippen molar-refractivity contribution in [2.24, 2.45) is 5.84 Å². The standard InChI is InChI=1S/C5H12N2O3S/c1-2-3-11(9,10)4-5(8)7-6/h2-4,6H2,1H3,(H,7,8). The van der Waals surface area contributed by atoms with E-state index in [0.29, 0.717) is 6.42 Å². The molecular formula is C5H12N2O3S. The van der Waals surface area contributed by atoms with Gasteiger partial charge in [-0.2, -0.15) is 0 Å². The van der Waals surface area contributed by atoms with E-state index < -0.39 is 21.5 Å². The second-order valence-electron chi connectivity index (χ2n) is 2.16. The van der Waals surface area contributed by atoms with Crippen LogP contribution in [0.2, 0.25) is 0 Å². The molecule has 0 aromatic carbocycles. The number of nitrogens with one attached hydrogen (secondary N) is 1. The molecule has 0 aromatic heterocycles. The molecule has 0 aliphatic heterocycles. The molecule has 11 heavy (non-hydrogen) atoms. The highest BCUT2D eigenvalue weighted by molar-refractivity contribution is 7.92. The van der Waals surface area contributed by atoms with Crippen molar-refractivity contribution in [1.29, 1.82) is 0 Å². The highest BCUT2D eigenvalue weighted by Crippen LogP contribution is 1.92. The largest absolute Gasteiger partial charge is 0.293 e. The van der Waals surface area contributed by atoms with E-state index in [2.05, 4.69) is 0 Å². The first-order valence-corrected chi connectivity index (χ1v) is 5.04. The molecule has 0 aliphatic rings. The minimum absolute atomic E-state index is 0.0282. The molecule has 0 spiro atoms. The molecule has 0 rings (SSSR count). The van der Waals surface area contributed by atoms with Crippen LogP contribution in [0.15, 0.2) is 0 Å². The lowest BCUT2D eigenvalue weighted by molar-refractivity contribution is -0.118. The Bertz CT molecular complexity index is 222. The Balaban J connectivity index is 4.03. The number of hydrazine groups is 1. The van der Waals surface area contributed by atoms with Gasteiger partial charge in [0.05, 0.1) is 5.75 Å². The Morgan fingerprint density at radius 1 is 1.55 bits per heavy atom. The molecule has 0 heterocycles. The smallest absolute Gasteiger partial charge is 0.249 e. The molecule has 0 bridgehead atoms. The lowest BCUT2D eigenvalue weighted by atomic mass is 10.6. The van der Waals surface area contributed by atoms with E-state index in [4.69, 9.17) is 5.84 Å². The van der Waals surface area contributed by atoms with Crippen LogP contribution in [0.4, 0.5) is 0 Å². The Kier molecular flexibility index (Phi) is 4.06. The van der Waals surface area contributed by atoms with Crippen molar-refractivity contribution in [2.75, 3.05) is 11.5 Å². The molecule has 0 saturated carbocycles. The number of sulfone groups is 1. The maximum absolute atomic E-state index is 10.9. The van der Waals surface area contributed by atoms with Gasteiger partial charge in [0.2, 0.25) is 5.91 Å². The van der Waals surface area contributed by atoms with Crippen molar-refractivity contribution >= 4 is 15.7 Å². The topological polar surface area (TPSA) is 89.3 Å². The van der Waals surface area contributed by atoms with Crippen LogP contribution >= 0.6 is 0 Å². The van der Waals surface area contributed by atoms with Crippen LogP contribution < -0.4 is 11.3 Å². The molecule has 0 aliphatic carbocycles. The minimum atomic E-state index is -3.24. The first kappa shape index (κ1) is 10.4. The van der Waals surface area contributed by atoms with Crippen molar-refractivity contribution in [3.05, 3.63) is 0 Å². The summed E-state index contributed by atoms with van der Waals surface area (Å²) in [4.78, 5) is 10.5. The fraction of sp³-hybridized carbons (Fsp3) is 0.800. The van der Waals surface area contributed by atoms with Crippen LogP contribution in [0, 0.1) is 0 Å². The van der Waals surface area contributed by atoms with Crippen molar-refractivity contribution < 1.29 is 13.2 Å². The predicted molar refractivity (Wildman–Crippen MR) is 41.3 cm³/mol. The fourth-order valence-corrected chi connectivity index (χ4v) is 1.87. The van der Waals surface area contributed by atoms with E-state index in [1.165, 1.54) is 0 Å². The number of carbonyl (C=O) groups excluding carboxylic acids is 1. The normalized spacial score (nSPS) is 11.1. The molecule has 6 heteroatoms. The molecule has 0 aromatic rings. The van der Waals surface area contributed by atoms with Gasteiger partial charge in [0, 0.05) is 0 Å². The van der Waals surface area contributed by atoms with Crippen LogP contribution in [0.25, 0.3) is 0 Å². The number of carbonyl (C=O) groups is 1. The zero-order valence-electron chi connectivity index (χ0n) is 6.33. The third-order valence-corrected chi connectivity index (χ3v) is 2.76. The Labute approximate surface area is 65.8 Å². The minimum Gasteiger partial charge on any atom is -0.293 e. The van der Waals surface area contributed by atoms with E-state index in [0.717, 1.165) is 0 Å². The van der Waals surface area contributed by atoms with Gasteiger partial charge < -0.3 is 0 Å². The van der Waals surface area contributed by atoms with Crippen molar-refractivity contribution in [3.8, 4) is 0 Å². The number of hydrogen-bond acceptors (Lipinski definition) is 4. The average Bonchev–Trinajstić information content (AvgIpc) is 1.86. The summed E-state index contributed by atoms with van der Waals surface area (Å²) in [6, 6.07) is 0. The van der Waals surface area contributed by atoms with Crippen molar-refractivity contribution in [2.45, 2.75) is 13.3 Å². The Hall–Kier alpha value is -0.620. The Morgan fingerprint density at radius 3 is 2.45 bits per heavy atom. The zero-order chi connectivity index (χ0) is 8.91. The van der Waals surface area contributed by atoms with E-state index >= 15 is 0 Å². The molecule has 1 amide bonds. The molecule has 0 atom stereocenters. The fourth-order valence-electron chi connectivity index (χ4n) is 0.625. The van der Waals surface area contributed by atoms with Gasteiger partial charge in [0.1, 0.15) is 5.75 Å². The molecule has 5 nitrogen and oxygen atoms in total. The van der Waals surface area contributed by atoms with Crippen LogP contribution in [0.5, 0.6) is 0 Å². The van der Waals surface area contributed by atoms with Gasteiger partial charge in [-0.05, 0) is 6.42 Å². The molecule has 66 valence electrons.